The second-order valence-electron chi connectivity index (χ2n) is 7.19. The number of carbonyl (C=O) groups excluding carboxylic acids is 1. The molecule has 1 heterocycles. The fourth-order valence-electron chi connectivity index (χ4n) is 3.30. The van der Waals surface area contributed by atoms with Crippen molar-refractivity contribution in [2.75, 3.05) is 13.7 Å². The molecular weight excluding hydrogens is 439 g/mol. The van der Waals surface area contributed by atoms with Crippen LogP contribution in [-0.2, 0) is 26.1 Å². The number of aliphatic hydroxyl groups excluding tert-OH is 1. The van der Waals surface area contributed by atoms with Crippen molar-refractivity contribution in [3.05, 3.63) is 72.1 Å². The Morgan fingerprint density at radius 2 is 1.97 bits per heavy atom. The Hall–Kier alpha value is -2.79. The Bertz CT molecular complexity index is 1080. The van der Waals surface area contributed by atoms with E-state index >= 15 is 0 Å². The third-order valence-electron chi connectivity index (χ3n) is 4.88. The Kier molecular flexibility index (Phi) is 7.97. The minimum atomic E-state index is -3.96. The van der Waals surface area contributed by atoms with Crippen molar-refractivity contribution in [3.8, 4) is 5.75 Å². The molecule has 0 bridgehead atoms. The number of aliphatic hydroxyl groups is 1. The summed E-state index contributed by atoms with van der Waals surface area (Å²) in [5.74, 6) is -0.523. The van der Waals surface area contributed by atoms with Gasteiger partial charge >= 0.3 is 0 Å². The van der Waals surface area contributed by atoms with Crippen molar-refractivity contribution in [2.45, 2.75) is 36.1 Å². The zero-order chi connectivity index (χ0) is 23.1. The smallest absolute Gasteiger partial charge is 0.244 e. The molecule has 0 aliphatic carbocycles. The number of sulfonamides is 1. The summed E-state index contributed by atoms with van der Waals surface area (Å²) < 4.78 is 52.1. The highest BCUT2D eigenvalue weighted by Gasteiger charge is 2.32. The highest BCUT2D eigenvalue weighted by molar-refractivity contribution is 7.89. The maximum atomic E-state index is 13.2. The molecule has 1 amide bonds. The molecule has 1 aliphatic rings. The lowest BCUT2D eigenvalue weighted by Crippen LogP contribution is -2.49. The minimum absolute atomic E-state index is 0.0334. The highest BCUT2D eigenvalue weighted by Crippen LogP contribution is 2.24. The topological polar surface area (TPSA) is 114 Å². The van der Waals surface area contributed by atoms with E-state index in [2.05, 4.69) is 10.0 Å². The third kappa shape index (κ3) is 6.13. The summed E-state index contributed by atoms with van der Waals surface area (Å²) in [4.78, 5) is 12.2. The molecule has 0 aromatic heterocycles. The van der Waals surface area contributed by atoms with Gasteiger partial charge in [-0.1, -0.05) is 36.4 Å². The molecule has 0 fully saturated rings. The van der Waals surface area contributed by atoms with Crippen molar-refractivity contribution in [1.82, 2.24) is 10.0 Å². The first-order valence-corrected chi connectivity index (χ1v) is 11.4. The van der Waals surface area contributed by atoms with Crippen molar-refractivity contribution >= 4 is 15.9 Å². The number of ether oxygens (including phenoxy) is 2. The summed E-state index contributed by atoms with van der Waals surface area (Å²) in [7, 11) is -2.58. The van der Waals surface area contributed by atoms with Crippen molar-refractivity contribution in [3.63, 3.8) is 0 Å². The van der Waals surface area contributed by atoms with Crippen molar-refractivity contribution in [1.29, 1.82) is 0 Å². The van der Waals surface area contributed by atoms with Gasteiger partial charge in [-0.2, -0.15) is 0 Å². The van der Waals surface area contributed by atoms with E-state index in [1.165, 1.54) is 31.4 Å². The van der Waals surface area contributed by atoms with Crippen molar-refractivity contribution < 1.29 is 32.2 Å². The molecular formula is C22H25FN2O6S. The molecule has 32 heavy (non-hydrogen) atoms. The van der Waals surface area contributed by atoms with E-state index in [9.17, 15) is 22.7 Å². The number of carbonyl (C=O) groups is 1. The second-order valence-corrected chi connectivity index (χ2v) is 8.87. The van der Waals surface area contributed by atoms with Crippen LogP contribution in [0.1, 0.15) is 12.0 Å². The standard InChI is InChI=1S/C22H25FN2O6S/c1-30-19-7-2-3-8-21(19)32(28,29)25-18-10-9-17(31-20(18)14-26)12-22(27)24-13-15-5-4-6-16(23)11-15/h2-11,17-18,20,25-26H,12-14H2,1H3,(H,24,27)/t17-,18+,20+/m1/s1. The number of amides is 1. The van der Waals surface area contributed by atoms with Crippen LogP contribution in [0, 0.1) is 5.82 Å². The number of para-hydroxylation sites is 1. The number of nitrogens with one attached hydrogen (secondary N) is 2. The van der Waals surface area contributed by atoms with Gasteiger partial charge in [0.25, 0.3) is 0 Å². The van der Waals surface area contributed by atoms with Crippen LogP contribution in [0.3, 0.4) is 0 Å². The summed E-state index contributed by atoms with van der Waals surface area (Å²) >= 11 is 0. The molecule has 3 rings (SSSR count). The van der Waals surface area contributed by atoms with Gasteiger partial charge in [0, 0.05) is 6.54 Å². The Labute approximate surface area is 186 Å². The van der Waals surface area contributed by atoms with Crippen LogP contribution in [0.25, 0.3) is 0 Å². The van der Waals surface area contributed by atoms with Gasteiger partial charge in [-0.3, -0.25) is 4.79 Å². The second kappa shape index (κ2) is 10.7. The van der Waals surface area contributed by atoms with Gasteiger partial charge in [0.2, 0.25) is 15.9 Å². The Morgan fingerprint density at radius 3 is 2.69 bits per heavy atom. The first-order chi connectivity index (χ1) is 15.3. The number of methoxy groups -OCH3 is 1. The van der Waals surface area contributed by atoms with E-state index in [0.29, 0.717) is 5.56 Å². The van der Waals surface area contributed by atoms with Gasteiger partial charge in [0.1, 0.15) is 22.6 Å². The molecule has 0 unspecified atom stereocenters. The lowest BCUT2D eigenvalue weighted by atomic mass is 10.1. The fourth-order valence-corrected chi connectivity index (χ4v) is 4.69. The van der Waals surface area contributed by atoms with Gasteiger partial charge in [0.15, 0.2) is 0 Å². The molecule has 0 spiro atoms. The highest BCUT2D eigenvalue weighted by atomic mass is 32.2. The van der Waals surface area contributed by atoms with Crippen LogP contribution < -0.4 is 14.8 Å². The quantitative estimate of drug-likeness (QED) is 0.485. The number of rotatable bonds is 9. The zero-order valence-electron chi connectivity index (χ0n) is 17.4. The SMILES string of the molecule is COc1ccccc1S(=O)(=O)N[C@H]1C=C[C@H](CC(=O)NCc2cccc(F)c2)O[C@H]1CO. The molecule has 172 valence electrons. The van der Waals surface area contributed by atoms with Crippen LogP contribution in [-0.4, -0.2) is 51.4 Å². The molecule has 0 radical (unpaired) electrons. The summed E-state index contributed by atoms with van der Waals surface area (Å²) in [5.41, 5.74) is 0.623. The monoisotopic (exact) mass is 464 g/mol. The van der Waals surface area contributed by atoms with Crippen molar-refractivity contribution in [2.24, 2.45) is 0 Å². The molecule has 0 saturated carbocycles. The summed E-state index contributed by atoms with van der Waals surface area (Å²) in [6, 6.07) is 11.2. The fraction of sp³-hybridized carbons (Fsp3) is 0.318. The number of hydrogen-bond donors (Lipinski definition) is 3. The number of benzene rings is 2. The van der Waals surface area contributed by atoms with Crippen LogP contribution >= 0.6 is 0 Å². The summed E-state index contributed by atoms with van der Waals surface area (Å²) in [6.07, 6.45) is 1.57. The lowest BCUT2D eigenvalue weighted by molar-refractivity contribution is -0.125. The number of halogens is 1. The first kappa shape index (κ1) is 23.9. The maximum absolute atomic E-state index is 13.2. The lowest BCUT2D eigenvalue weighted by Gasteiger charge is -2.31. The predicted octanol–water partition coefficient (Wildman–Crippen LogP) is 1.50. The minimum Gasteiger partial charge on any atom is -0.495 e. The molecule has 10 heteroatoms. The molecule has 3 N–H and O–H groups in total. The van der Waals surface area contributed by atoms with Crippen LogP contribution in [0.5, 0.6) is 5.75 Å². The molecule has 3 atom stereocenters. The van der Waals surface area contributed by atoms with Gasteiger partial charge in [-0.25, -0.2) is 17.5 Å². The summed E-state index contributed by atoms with van der Waals surface area (Å²) in [6.45, 7) is -0.289. The molecule has 2 aromatic carbocycles. The zero-order valence-corrected chi connectivity index (χ0v) is 18.2. The predicted molar refractivity (Wildman–Crippen MR) is 115 cm³/mol. The van der Waals surface area contributed by atoms with E-state index in [-0.39, 0.29) is 35.3 Å². The molecule has 0 saturated heterocycles. The largest absolute Gasteiger partial charge is 0.495 e. The maximum Gasteiger partial charge on any atom is 0.244 e. The third-order valence-corrected chi connectivity index (χ3v) is 6.38. The van der Waals surface area contributed by atoms with Crippen LogP contribution in [0.15, 0.2) is 65.6 Å². The van der Waals surface area contributed by atoms with Gasteiger partial charge in [0.05, 0.1) is 32.3 Å². The molecule has 1 aliphatic heterocycles. The van der Waals surface area contributed by atoms with E-state index < -0.39 is 34.9 Å². The average Bonchev–Trinajstić information content (AvgIpc) is 2.78. The Balaban J connectivity index is 1.61. The van der Waals surface area contributed by atoms with Crippen LogP contribution in [0.4, 0.5) is 4.39 Å². The van der Waals surface area contributed by atoms with Gasteiger partial charge in [-0.15, -0.1) is 0 Å². The molecule has 2 aromatic rings. The average molecular weight is 465 g/mol. The van der Waals surface area contributed by atoms with E-state index in [1.54, 1.807) is 36.4 Å². The Morgan fingerprint density at radius 1 is 1.19 bits per heavy atom. The normalized spacial score (nSPS) is 20.7. The van der Waals surface area contributed by atoms with E-state index in [1.807, 2.05) is 0 Å². The van der Waals surface area contributed by atoms with E-state index in [0.717, 1.165) is 0 Å². The van der Waals surface area contributed by atoms with Crippen LogP contribution in [0.2, 0.25) is 0 Å². The van der Waals surface area contributed by atoms with Gasteiger partial charge in [-0.05, 0) is 29.8 Å². The molecule has 8 nitrogen and oxygen atoms in total. The van der Waals surface area contributed by atoms with Gasteiger partial charge < -0.3 is 19.9 Å². The number of hydrogen-bond acceptors (Lipinski definition) is 6. The summed E-state index contributed by atoms with van der Waals surface area (Å²) in [5, 5.41) is 12.4. The first-order valence-electron chi connectivity index (χ1n) is 9.93. The van der Waals surface area contributed by atoms with E-state index in [4.69, 9.17) is 9.47 Å².